The summed E-state index contributed by atoms with van der Waals surface area (Å²) < 4.78 is 0. The van der Waals surface area contributed by atoms with Crippen molar-refractivity contribution in [2.45, 2.75) is 20.0 Å². The van der Waals surface area contributed by atoms with Crippen LogP contribution in [0.5, 0.6) is 0 Å². The van der Waals surface area contributed by atoms with Gasteiger partial charge in [0, 0.05) is 24.8 Å². The molecule has 0 aliphatic heterocycles. The van der Waals surface area contributed by atoms with E-state index in [1.165, 1.54) is 6.07 Å². The third-order valence-electron chi connectivity index (χ3n) is 3.19. The SMILES string of the molecule is Cc1cccc(CN(C)Cc2cccc([N+](=O)[O-])c2N)n1. The molecule has 0 aliphatic carbocycles. The molecule has 2 rings (SSSR count). The molecule has 0 atom stereocenters. The summed E-state index contributed by atoms with van der Waals surface area (Å²) in [6.07, 6.45) is 0. The molecule has 0 fully saturated rings. The molecule has 0 radical (unpaired) electrons. The second-order valence-corrected chi connectivity index (χ2v) is 5.05. The third kappa shape index (κ3) is 3.76. The Hall–Kier alpha value is -2.47. The summed E-state index contributed by atoms with van der Waals surface area (Å²) in [6, 6.07) is 10.8. The van der Waals surface area contributed by atoms with Crippen molar-refractivity contribution in [3.8, 4) is 0 Å². The number of rotatable bonds is 5. The number of nitrogen functional groups attached to an aromatic ring is 1. The van der Waals surface area contributed by atoms with Gasteiger partial charge in [-0.2, -0.15) is 0 Å². The van der Waals surface area contributed by atoms with Crippen LogP contribution in [-0.2, 0) is 13.1 Å². The van der Waals surface area contributed by atoms with Crippen molar-refractivity contribution in [1.29, 1.82) is 0 Å². The van der Waals surface area contributed by atoms with Crippen LogP contribution in [0.25, 0.3) is 0 Å². The first-order valence-corrected chi connectivity index (χ1v) is 6.60. The van der Waals surface area contributed by atoms with Crippen molar-refractivity contribution in [3.05, 3.63) is 63.5 Å². The zero-order chi connectivity index (χ0) is 15.4. The van der Waals surface area contributed by atoms with Crippen LogP contribution in [-0.4, -0.2) is 21.9 Å². The highest BCUT2D eigenvalue weighted by atomic mass is 16.6. The Morgan fingerprint density at radius 2 is 1.95 bits per heavy atom. The minimum Gasteiger partial charge on any atom is -0.393 e. The quantitative estimate of drug-likeness (QED) is 0.518. The molecule has 110 valence electrons. The zero-order valence-electron chi connectivity index (χ0n) is 12.1. The van der Waals surface area contributed by atoms with Gasteiger partial charge in [0.05, 0.1) is 10.6 Å². The van der Waals surface area contributed by atoms with Gasteiger partial charge in [0.1, 0.15) is 5.69 Å². The van der Waals surface area contributed by atoms with Crippen LogP contribution >= 0.6 is 0 Å². The second-order valence-electron chi connectivity index (χ2n) is 5.05. The third-order valence-corrected chi connectivity index (χ3v) is 3.19. The maximum atomic E-state index is 10.9. The highest BCUT2D eigenvalue weighted by Gasteiger charge is 2.15. The summed E-state index contributed by atoms with van der Waals surface area (Å²) in [7, 11) is 1.93. The molecule has 0 aliphatic rings. The average Bonchev–Trinajstić information content (AvgIpc) is 2.40. The number of hydrogen-bond acceptors (Lipinski definition) is 5. The molecule has 0 saturated heterocycles. The minimum absolute atomic E-state index is 0.0467. The normalized spacial score (nSPS) is 10.8. The van der Waals surface area contributed by atoms with Crippen molar-refractivity contribution >= 4 is 11.4 Å². The van der Waals surface area contributed by atoms with Crippen LogP contribution in [0.15, 0.2) is 36.4 Å². The first-order chi connectivity index (χ1) is 9.97. The lowest BCUT2D eigenvalue weighted by Gasteiger charge is -2.17. The monoisotopic (exact) mass is 286 g/mol. The van der Waals surface area contributed by atoms with Crippen LogP contribution < -0.4 is 5.73 Å². The highest BCUT2D eigenvalue weighted by Crippen LogP contribution is 2.25. The summed E-state index contributed by atoms with van der Waals surface area (Å²) in [5, 5.41) is 10.9. The number of nitro benzene ring substituents is 1. The molecule has 1 aromatic carbocycles. The van der Waals surface area contributed by atoms with E-state index in [-0.39, 0.29) is 11.4 Å². The van der Waals surface area contributed by atoms with E-state index in [1.807, 2.05) is 43.1 Å². The van der Waals surface area contributed by atoms with Gasteiger partial charge < -0.3 is 5.73 Å². The lowest BCUT2D eigenvalue weighted by Crippen LogP contribution is -2.19. The number of nitro groups is 1. The second kappa shape index (κ2) is 6.32. The van der Waals surface area contributed by atoms with Gasteiger partial charge in [0.2, 0.25) is 0 Å². The summed E-state index contributed by atoms with van der Waals surface area (Å²) in [6.45, 7) is 3.13. The van der Waals surface area contributed by atoms with Crippen LogP contribution in [0, 0.1) is 17.0 Å². The molecule has 0 bridgehead atoms. The number of nitrogens with two attached hydrogens (primary N) is 1. The Bertz CT molecular complexity index is 658. The molecule has 21 heavy (non-hydrogen) atoms. The predicted octanol–water partition coefficient (Wildman–Crippen LogP) is 2.51. The van der Waals surface area contributed by atoms with Gasteiger partial charge in [-0.1, -0.05) is 18.2 Å². The van der Waals surface area contributed by atoms with E-state index < -0.39 is 4.92 Å². The van der Waals surface area contributed by atoms with E-state index in [0.29, 0.717) is 13.1 Å². The van der Waals surface area contributed by atoms with Gasteiger partial charge in [-0.3, -0.25) is 20.0 Å². The van der Waals surface area contributed by atoms with Crippen molar-refractivity contribution in [1.82, 2.24) is 9.88 Å². The molecule has 0 spiro atoms. The fourth-order valence-corrected chi connectivity index (χ4v) is 2.21. The lowest BCUT2D eigenvalue weighted by molar-refractivity contribution is -0.384. The fraction of sp³-hybridized carbons (Fsp3) is 0.267. The number of aromatic nitrogens is 1. The van der Waals surface area contributed by atoms with Gasteiger partial charge in [0.25, 0.3) is 5.69 Å². The average molecular weight is 286 g/mol. The Labute approximate surface area is 123 Å². The zero-order valence-corrected chi connectivity index (χ0v) is 12.1. The Morgan fingerprint density at radius 3 is 2.62 bits per heavy atom. The van der Waals surface area contributed by atoms with E-state index in [2.05, 4.69) is 4.98 Å². The summed E-state index contributed by atoms with van der Waals surface area (Å²) in [4.78, 5) is 16.9. The first kappa shape index (κ1) is 14.9. The van der Waals surface area contributed by atoms with Gasteiger partial charge in [-0.05, 0) is 31.7 Å². The molecule has 6 heteroatoms. The summed E-state index contributed by atoms with van der Waals surface area (Å²) in [5.74, 6) is 0. The van der Waals surface area contributed by atoms with Gasteiger partial charge in [0.15, 0.2) is 0 Å². The summed E-state index contributed by atoms with van der Waals surface area (Å²) >= 11 is 0. The maximum Gasteiger partial charge on any atom is 0.292 e. The lowest BCUT2D eigenvalue weighted by atomic mass is 10.1. The van der Waals surface area contributed by atoms with Gasteiger partial charge in [-0.15, -0.1) is 0 Å². The smallest absolute Gasteiger partial charge is 0.292 e. The van der Waals surface area contributed by atoms with E-state index in [0.717, 1.165) is 17.0 Å². The Morgan fingerprint density at radius 1 is 1.24 bits per heavy atom. The van der Waals surface area contributed by atoms with Crippen molar-refractivity contribution in [3.63, 3.8) is 0 Å². The van der Waals surface area contributed by atoms with Crippen molar-refractivity contribution in [2.24, 2.45) is 0 Å². The Balaban J connectivity index is 2.11. The minimum atomic E-state index is -0.457. The number of aryl methyl sites for hydroxylation is 1. The van der Waals surface area contributed by atoms with Crippen LogP contribution in [0.2, 0.25) is 0 Å². The van der Waals surface area contributed by atoms with Gasteiger partial charge >= 0.3 is 0 Å². The number of pyridine rings is 1. The number of hydrogen-bond donors (Lipinski definition) is 1. The predicted molar refractivity (Wildman–Crippen MR) is 81.7 cm³/mol. The molecule has 2 aromatic rings. The standard InChI is InChI=1S/C15H18N4O2/c1-11-5-3-7-13(17-11)10-18(2)9-12-6-4-8-14(15(12)16)19(20)21/h3-8H,9-10,16H2,1-2H3. The van der Waals surface area contributed by atoms with Crippen LogP contribution in [0.1, 0.15) is 17.0 Å². The largest absolute Gasteiger partial charge is 0.393 e. The number of anilines is 1. The fourth-order valence-electron chi connectivity index (χ4n) is 2.21. The van der Waals surface area contributed by atoms with E-state index in [4.69, 9.17) is 5.73 Å². The Kier molecular flexibility index (Phi) is 4.49. The van der Waals surface area contributed by atoms with Crippen molar-refractivity contribution in [2.75, 3.05) is 12.8 Å². The molecule has 0 amide bonds. The van der Waals surface area contributed by atoms with E-state index in [1.54, 1.807) is 6.07 Å². The molecule has 2 N–H and O–H groups in total. The molecular formula is C15H18N4O2. The van der Waals surface area contributed by atoms with E-state index in [9.17, 15) is 10.1 Å². The first-order valence-electron chi connectivity index (χ1n) is 6.60. The van der Waals surface area contributed by atoms with E-state index >= 15 is 0 Å². The number of para-hydroxylation sites is 1. The molecule has 1 heterocycles. The topological polar surface area (TPSA) is 85.3 Å². The molecule has 0 unspecified atom stereocenters. The van der Waals surface area contributed by atoms with Crippen LogP contribution in [0.4, 0.5) is 11.4 Å². The number of benzene rings is 1. The van der Waals surface area contributed by atoms with Gasteiger partial charge in [-0.25, -0.2) is 0 Å². The molecule has 0 saturated carbocycles. The highest BCUT2D eigenvalue weighted by molar-refractivity contribution is 5.62. The number of nitrogens with zero attached hydrogens (tertiary/aromatic N) is 3. The molecule has 1 aromatic heterocycles. The summed E-state index contributed by atoms with van der Waals surface area (Å²) in [5.41, 5.74) is 8.73. The van der Waals surface area contributed by atoms with Crippen molar-refractivity contribution < 1.29 is 4.92 Å². The van der Waals surface area contributed by atoms with Crippen LogP contribution in [0.3, 0.4) is 0 Å². The maximum absolute atomic E-state index is 10.9. The molecular weight excluding hydrogens is 268 g/mol. The molecule has 6 nitrogen and oxygen atoms in total.